The highest BCUT2D eigenvalue weighted by Crippen LogP contribution is 2.14. The summed E-state index contributed by atoms with van der Waals surface area (Å²) in [5.74, 6) is 0. The van der Waals surface area contributed by atoms with E-state index in [1.165, 1.54) is 18.2 Å². The molecule has 1 aromatic carbocycles. The molecule has 0 radical (unpaired) electrons. The normalized spacial score (nSPS) is 11.2. The second kappa shape index (κ2) is 8.00. The molecule has 20 heavy (non-hydrogen) atoms. The number of unbranched alkanes of at least 4 members (excludes halogenated alkanes) is 3. The minimum absolute atomic E-state index is 0.177. The van der Waals surface area contributed by atoms with E-state index >= 15 is 0 Å². The summed E-state index contributed by atoms with van der Waals surface area (Å²) in [4.78, 5) is 0.185. The van der Waals surface area contributed by atoms with Crippen LogP contribution in [0.2, 0.25) is 0 Å². The van der Waals surface area contributed by atoms with Gasteiger partial charge in [-0.25, -0.2) is 13.1 Å². The van der Waals surface area contributed by atoms with E-state index in [0.29, 0.717) is 17.7 Å². The van der Waals surface area contributed by atoms with Crippen molar-refractivity contribution in [1.82, 2.24) is 4.72 Å². The Morgan fingerprint density at radius 1 is 1.25 bits per heavy atom. The van der Waals surface area contributed by atoms with Gasteiger partial charge in [0, 0.05) is 13.2 Å². The Morgan fingerprint density at radius 2 is 1.95 bits per heavy atom. The van der Waals surface area contributed by atoms with E-state index in [4.69, 9.17) is 10.4 Å². The van der Waals surface area contributed by atoms with Gasteiger partial charge in [-0.2, -0.15) is 5.26 Å². The molecule has 0 bridgehead atoms. The van der Waals surface area contributed by atoms with E-state index in [1.54, 1.807) is 6.92 Å². The van der Waals surface area contributed by atoms with Gasteiger partial charge >= 0.3 is 0 Å². The first-order chi connectivity index (χ1) is 9.51. The van der Waals surface area contributed by atoms with E-state index in [1.807, 2.05) is 6.07 Å². The summed E-state index contributed by atoms with van der Waals surface area (Å²) >= 11 is 0. The molecule has 1 aromatic rings. The summed E-state index contributed by atoms with van der Waals surface area (Å²) in [6, 6.07) is 6.48. The van der Waals surface area contributed by atoms with Crippen molar-refractivity contribution in [3.05, 3.63) is 29.3 Å². The van der Waals surface area contributed by atoms with Gasteiger partial charge in [0.2, 0.25) is 10.0 Å². The van der Waals surface area contributed by atoms with Gasteiger partial charge in [-0.15, -0.1) is 0 Å². The lowest BCUT2D eigenvalue weighted by Gasteiger charge is -2.08. The molecule has 1 rings (SSSR count). The van der Waals surface area contributed by atoms with Crippen LogP contribution in [0.5, 0.6) is 0 Å². The lowest BCUT2D eigenvalue weighted by atomic mass is 10.1. The number of benzene rings is 1. The second-order valence-electron chi connectivity index (χ2n) is 4.62. The summed E-state index contributed by atoms with van der Waals surface area (Å²) in [7, 11) is -3.51. The highest BCUT2D eigenvalue weighted by atomic mass is 32.2. The molecule has 0 atom stereocenters. The fourth-order valence-electron chi connectivity index (χ4n) is 1.81. The Kier molecular flexibility index (Phi) is 6.65. The monoisotopic (exact) mass is 296 g/mol. The maximum atomic E-state index is 12.0. The molecule has 110 valence electrons. The Morgan fingerprint density at radius 3 is 2.55 bits per heavy atom. The van der Waals surface area contributed by atoms with Crippen LogP contribution in [0.15, 0.2) is 23.1 Å². The zero-order valence-corrected chi connectivity index (χ0v) is 12.4. The number of nitrogens with one attached hydrogen (secondary N) is 1. The summed E-state index contributed by atoms with van der Waals surface area (Å²) in [6.07, 6.45) is 3.28. The third-order valence-electron chi connectivity index (χ3n) is 3.01. The highest BCUT2D eigenvalue weighted by molar-refractivity contribution is 7.89. The molecule has 0 saturated carbocycles. The zero-order valence-electron chi connectivity index (χ0n) is 11.6. The molecule has 0 fully saturated rings. The maximum absolute atomic E-state index is 12.0. The van der Waals surface area contributed by atoms with Gasteiger partial charge in [0.15, 0.2) is 0 Å². The Balaban J connectivity index is 2.57. The molecule has 0 aliphatic heterocycles. The molecule has 0 amide bonds. The predicted molar refractivity (Wildman–Crippen MR) is 76.6 cm³/mol. The number of nitriles is 1. The van der Waals surface area contributed by atoms with Crippen LogP contribution in [0.3, 0.4) is 0 Å². The molecule has 0 saturated heterocycles. The maximum Gasteiger partial charge on any atom is 0.240 e. The Bertz CT molecular complexity index is 577. The minimum atomic E-state index is -3.51. The van der Waals surface area contributed by atoms with Crippen molar-refractivity contribution < 1.29 is 13.5 Å². The first-order valence-electron chi connectivity index (χ1n) is 6.62. The van der Waals surface area contributed by atoms with E-state index in [-0.39, 0.29) is 11.5 Å². The average Bonchev–Trinajstić information content (AvgIpc) is 2.42. The number of hydrogen-bond donors (Lipinski definition) is 2. The summed E-state index contributed by atoms with van der Waals surface area (Å²) in [5, 5.41) is 17.5. The molecule has 0 unspecified atom stereocenters. The van der Waals surface area contributed by atoms with E-state index in [9.17, 15) is 8.42 Å². The van der Waals surface area contributed by atoms with Gasteiger partial charge < -0.3 is 5.11 Å². The third kappa shape index (κ3) is 4.93. The van der Waals surface area contributed by atoms with Crippen LogP contribution in [-0.2, 0) is 10.0 Å². The van der Waals surface area contributed by atoms with Crippen LogP contribution < -0.4 is 4.72 Å². The molecule has 2 N–H and O–H groups in total. The van der Waals surface area contributed by atoms with Crippen molar-refractivity contribution in [2.24, 2.45) is 0 Å². The van der Waals surface area contributed by atoms with Crippen molar-refractivity contribution >= 4 is 10.0 Å². The Labute approximate surface area is 120 Å². The van der Waals surface area contributed by atoms with Crippen molar-refractivity contribution in [3.8, 4) is 6.07 Å². The number of rotatable bonds is 8. The number of hydrogen-bond acceptors (Lipinski definition) is 4. The third-order valence-corrected chi connectivity index (χ3v) is 4.46. The first-order valence-corrected chi connectivity index (χ1v) is 8.11. The van der Waals surface area contributed by atoms with Crippen LogP contribution in [0.25, 0.3) is 0 Å². The second-order valence-corrected chi connectivity index (χ2v) is 6.39. The molecule has 0 spiro atoms. The van der Waals surface area contributed by atoms with E-state index in [0.717, 1.165) is 25.7 Å². The number of nitrogens with zero attached hydrogens (tertiary/aromatic N) is 1. The average molecular weight is 296 g/mol. The predicted octanol–water partition coefficient (Wildman–Crippen LogP) is 1.70. The van der Waals surface area contributed by atoms with Crippen LogP contribution in [0.1, 0.15) is 36.8 Å². The van der Waals surface area contributed by atoms with Crippen molar-refractivity contribution in [1.29, 1.82) is 5.26 Å². The molecule has 0 aromatic heterocycles. The molecular formula is C14H20N2O3S. The van der Waals surface area contributed by atoms with Gasteiger partial charge in [-0.05, 0) is 43.5 Å². The lowest BCUT2D eigenvalue weighted by molar-refractivity contribution is 0.282. The molecule has 0 aliphatic carbocycles. The van der Waals surface area contributed by atoms with Crippen LogP contribution in [0, 0.1) is 18.3 Å². The Hall–Kier alpha value is -1.42. The smallest absolute Gasteiger partial charge is 0.240 e. The largest absolute Gasteiger partial charge is 0.396 e. The van der Waals surface area contributed by atoms with Gasteiger partial charge in [-0.3, -0.25) is 0 Å². The topological polar surface area (TPSA) is 90.2 Å². The number of aryl methyl sites for hydroxylation is 1. The van der Waals surface area contributed by atoms with Gasteiger partial charge in [0.1, 0.15) is 0 Å². The van der Waals surface area contributed by atoms with Gasteiger partial charge in [-0.1, -0.05) is 12.8 Å². The van der Waals surface area contributed by atoms with E-state index in [2.05, 4.69) is 4.72 Å². The SMILES string of the molecule is Cc1cc(S(=O)(=O)NCCCCCCO)ccc1C#N. The first kappa shape index (κ1) is 16.6. The quantitative estimate of drug-likeness (QED) is 0.714. The zero-order chi connectivity index (χ0) is 15.0. The van der Waals surface area contributed by atoms with E-state index < -0.39 is 10.0 Å². The molecular weight excluding hydrogens is 276 g/mol. The van der Waals surface area contributed by atoms with Crippen molar-refractivity contribution in [2.75, 3.05) is 13.2 Å². The van der Waals surface area contributed by atoms with Gasteiger partial charge in [0.05, 0.1) is 16.5 Å². The fourth-order valence-corrected chi connectivity index (χ4v) is 2.97. The molecule has 6 heteroatoms. The summed E-state index contributed by atoms with van der Waals surface area (Å²) in [5.41, 5.74) is 1.13. The van der Waals surface area contributed by atoms with Crippen molar-refractivity contribution in [2.45, 2.75) is 37.5 Å². The number of aliphatic hydroxyl groups excluding tert-OH is 1. The molecule has 5 nitrogen and oxygen atoms in total. The minimum Gasteiger partial charge on any atom is -0.396 e. The lowest BCUT2D eigenvalue weighted by Crippen LogP contribution is -2.24. The van der Waals surface area contributed by atoms with Crippen LogP contribution in [-0.4, -0.2) is 26.7 Å². The summed E-state index contributed by atoms with van der Waals surface area (Å²) in [6.45, 7) is 2.27. The fraction of sp³-hybridized carbons (Fsp3) is 0.500. The number of sulfonamides is 1. The standard InChI is InChI=1S/C14H20N2O3S/c1-12-10-14(7-6-13(12)11-15)20(18,19)16-8-4-2-3-5-9-17/h6-7,10,16-17H,2-5,8-9H2,1H3. The van der Waals surface area contributed by atoms with Crippen LogP contribution in [0.4, 0.5) is 0 Å². The summed E-state index contributed by atoms with van der Waals surface area (Å²) < 4.78 is 26.6. The molecule has 0 aliphatic rings. The molecule has 0 heterocycles. The number of aliphatic hydroxyl groups is 1. The van der Waals surface area contributed by atoms with Gasteiger partial charge in [0.25, 0.3) is 0 Å². The highest BCUT2D eigenvalue weighted by Gasteiger charge is 2.14. The van der Waals surface area contributed by atoms with Crippen molar-refractivity contribution in [3.63, 3.8) is 0 Å². The van der Waals surface area contributed by atoms with Crippen LogP contribution >= 0.6 is 0 Å².